The second-order valence-corrected chi connectivity index (χ2v) is 31.0. The van der Waals surface area contributed by atoms with Crippen molar-refractivity contribution in [2.75, 3.05) is 39.6 Å². The van der Waals surface area contributed by atoms with Crippen molar-refractivity contribution in [2.45, 2.75) is 394 Å². The summed E-state index contributed by atoms with van der Waals surface area (Å²) in [5.41, 5.74) is 0. The van der Waals surface area contributed by atoms with E-state index in [0.29, 0.717) is 25.7 Å². The summed E-state index contributed by atoms with van der Waals surface area (Å²) in [5.74, 6) is 0.180. The fourth-order valence-corrected chi connectivity index (χ4v) is 12.8. The molecule has 5 atom stereocenters. The zero-order valence-electron chi connectivity index (χ0n) is 60.7. The lowest BCUT2D eigenvalue weighted by atomic mass is 10.0. The van der Waals surface area contributed by atoms with E-state index in [-0.39, 0.29) is 25.7 Å². The van der Waals surface area contributed by atoms with E-state index in [1.54, 1.807) is 0 Å². The minimum absolute atomic E-state index is 0.104. The van der Waals surface area contributed by atoms with Crippen molar-refractivity contribution in [3.05, 3.63) is 0 Å². The van der Waals surface area contributed by atoms with Gasteiger partial charge >= 0.3 is 39.5 Å². The van der Waals surface area contributed by atoms with Crippen LogP contribution >= 0.6 is 15.6 Å². The maximum atomic E-state index is 13.1. The number of aliphatic hydroxyl groups is 1. The van der Waals surface area contributed by atoms with Gasteiger partial charge in [-0.1, -0.05) is 325 Å². The number of carbonyl (C=O) groups excluding carboxylic acids is 4. The highest BCUT2D eigenvalue weighted by Gasteiger charge is 2.30. The molecule has 0 spiro atoms. The van der Waals surface area contributed by atoms with Crippen LogP contribution in [-0.2, 0) is 65.4 Å². The highest BCUT2D eigenvalue weighted by atomic mass is 31.2. The maximum absolute atomic E-state index is 13.1. The summed E-state index contributed by atoms with van der Waals surface area (Å²) < 4.78 is 68.4. The molecule has 17 nitrogen and oxygen atoms in total. The number of carbonyl (C=O) groups is 4. The summed E-state index contributed by atoms with van der Waals surface area (Å²) in [6.07, 6.45) is 50.0. The Morgan fingerprint density at radius 2 is 0.495 bits per heavy atom. The van der Waals surface area contributed by atoms with E-state index in [2.05, 4.69) is 48.5 Å². The Morgan fingerprint density at radius 1 is 0.290 bits per heavy atom. The standard InChI is InChI=1S/C74H144O17P2/c1-8-9-10-11-12-24-34-41-48-55-71(76)84-61-70(91-74(79)58-51-44-37-30-29-33-40-47-54-67(6)7)64-89-93(82,83)87-60-68(75)59-86-92(80,81)88-63-69(62-85-72(77)56-49-42-35-27-22-19-18-21-26-32-39-46-53-66(4)5)90-73(78)57-50-43-36-28-23-17-15-13-14-16-20-25-31-38-45-52-65(2)3/h65-70,75H,8-64H2,1-7H3,(H,80,81)(H,82,83)/t68-,69-,70-/m1/s1. The summed E-state index contributed by atoms with van der Waals surface area (Å²) in [6.45, 7) is 11.9. The van der Waals surface area contributed by atoms with Crippen molar-refractivity contribution in [1.29, 1.82) is 0 Å². The lowest BCUT2D eigenvalue weighted by Crippen LogP contribution is -2.30. The van der Waals surface area contributed by atoms with Gasteiger partial charge < -0.3 is 33.8 Å². The Morgan fingerprint density at radius 3 is 0.731 bits per heavy atom. The van der Waals surface area contributed by atoms with E-state index >= 15 is 0 Å². The van der Waals surface area contributed by atoms with Crippen LogP contribution in [0.4, 0.5) is 0 Å². The van der Waals surface area contributed by atoms with Crippen LogP contribution in [0.25, 0.3) is 0 Å². The number of rotatable bonds is 72. The lowest BCUT2D eigenvalue weighted by molar-refractivity contribution is -0.161. The molecule has 0 heterocycles. The molecule has 0 radical (unpaired) electrons. The van der Waals surface area contributed by atoms with Crippen molar-refractivity contribution in [1.82, 2.24) is 0 Å². The van der Waals surface area contributed by atoms with E-state index < -0.39 is 97.5 Å². The molecule has 0 aliphatic rings. The second kappa shape index (κ2) is 64.7. The topological polar surface area (TPSA) is 237 Å². The zero-order chi connectivity index (χ0) is 68.7. The van der Waals surface area contributed by atoms with Crippen LogP contribution in [0.5, 0.6) is 0 Å². The first kappa shape index (κ1) is 91.1. The molecular formula is C74H144O17P2. The first-order valence-corrected chi connectivity index (χ1v) is 41.3. The molecule has 0 aromatic heterocycles. The minimum Gasteiger partial charge on any atom is -0.462 e. The Hall–Kier alpha value is -1.94. The first-order chi connectivity index (χ1) is 44.7. The van der Waals surface area contributed by atoms with Crippen LogP contribution < -0.4 is 0 Å². The van der Waals surface area contributed by atoms with Crippen molar-refractivity contribution < 1.29 is 80.2 Å². The van der Waals surface area contributed by atoms with Gasteiger partial charge in [-0.15, -0.1) is 0 Å². The molecule has 0 bridgehead atoms. The molecule has 93 heavy (non-hydrogen) atoms. The van der Waals surface area contributed by atoms with Crippen molar-refractivity contribution in [3.63, 3.8) is 0 Å². The van der Waals surface area contributed by atoms with E-state index in [9.17, 15) is 43.2 Å². The number of phosphoric ester groups is 2. The monoisotopic (exact) mass is 1370 g/mol. The zero-order valence-corrected chi connectivity index (χ0v) is 62.5. The Kier molecular flexibility index (Phi) is 63.4. The molecule has 0 fully saturated rings. The molecule has 0 aliphatic carbocycles. The number of ether oxygens (including phenoxy) is 4. The normalized spacial score (nSPS) is 14.1. The summed E-state index contributed by atoms with van der Waals surface area (Å²) in [4.78, 5) is 72.7. The van der Waals surface area contributed by atoms with Crippen LogP contribution in [-0.4, -0.2) is 96.7 Å². The molecule has 0 saturated carbocycles. The van der Waals surface area contributed by atoms with Gasteiger partial charge in [-0.3, -0.25) is 37.3 Å². The predicted molar refractivity (Wildman–Crippen MR) is 377 cm³/mol. The molecule has 0 aliphatic heterocycles. The summed E-state index contributed by atoms with van der Waals surface area (Å²) in [7, 11) is -9.91. The third-order valence-corrected chi connectivity index (χ3v) is 19.0. The number of esters is 4. The number of hydrogen-bond acceptors (Lipinski definition) is 15. The third kappa shape index (κ3) is 68.4. The number of aliphatic hydroxyl groups excluding tert-OH is 1. The summed E-state index contributed by atoms with van der Waals surface area (Å²) in [6, 6.07) is 0. The van der Waals surface area contributed by atoms with Gasteiger partial charge in [0.2, 0.25) is 0 Å². The van der Waals surface area contributed by atoms with E-state index in [1.165, 1.54) is 186 Å². The molecular weight excluding hydrogens is 1220 g/mol. The third-order valence-electron chi connectivity index (χ3n) is 17.1. The van der Waals surface area contributed by atoms with Crippen molar-refractivity contribution in [3.8, 4) is 0 Å². The predicted octanol–water partition coefficient (Wildman–Crippen LogP) is 21.4. The SMILES string of the molecule is CCCCCCCCCCCC(=O)OC[C@H](COP(=O)(O)OC[C@H](O)COP(=O)(O)OC[C@@H](COC(=O)CCCCCCCCCCCCCCC(C)C)OC(=O)CCCCCCCCCCCCCCCCCC(C)C)OC(=O)CCCCCCCCCCC(C)C. The fraction of sp³-hybridized carbons (Fsp3) is 0.946. The molecule has 0 rings (SSSR count). The maximum Gasteiger partial charge on any atom is 0.472 e. The van der Waals surface area contributed by atoms with Gasteiger partial charge in [0.25, 0.3) is 0 Å². The quantitative estimate of drug-likeness (QED) is 0.0222. The lowest BCUT2D eigenvalue weighted by Gasteiger charge is -2.21. The molecule has 0 amide bonds. The first-order valence-electron chi connectivity index (χ1n) is 38.3. The van der Waals surface area contributed by atoms with Gasteiger partial charge in [-0.05, 0) is 43.4 Å². The van der Waals surface area contributed by atoms with Gasteiger partial charge in [0.15, 0.2) is 12.2 Å². The van der Waals surface area contributed by atoms with Gasteiger partial charge in [0.05, 0.1) is 26.4 Å². The Labute approximate surface area is 568 Å². The van der Waals surface area contributed by atoms with Gasteiger partial charge in [-0.25, -0.2) is 9.13 Å². The second-order valence-electron chi connectivity index (χ2n) is 28.1. The molecule has 552 valence electrons. The number of phosphoric acid groups is 2. The smallest absolute Gasteiger partial charge is 0.462 e. The minimum atomic E-state index is -4.96. The van der Waals surface area contributed by atoms with Gasteiger partial charge in [0.1, 0.15) is 19.3 Å². The molecule has 19 heteroatoms. The van der Waals surface area contributed by atoms with Crippen molar-refractivity contribution in [2.24, 2.45) is 17.8 Å². The van der Waals surface area contributed by atoms with Crippen LogP contribution in [0.3, 0.4) is 0 Å². The van der Waals surface area contributed by atoms with Crippen LogP contribution in [0.2, 0.25) is 0 Å². The Balaban J connectivity index is 5.23. The molecule has 0 aromatic rings. The number of unbranched alkanes of at least 4 members (excludes halogenated alkanes) is 40. The molecule has 0 aromatic carbocycles. The van der Waals surface area contributed by atoms with E-state index in [4.69, 9.17) is 37.0 Å². The highest BCUT2D eigenvalue weighted by molar-refractivity contribution is 7.47. The van der Waals surface area contributed by atoms with Crippen LogP contribution in [0, 0.1) is 17.8 Å². The van der Waals surface area contributed by atoms with Crippen molar-refractivity contribution >= 4 is 39.5 Å². The van der Waals surface area contributed by atoms with E-state index in [1.807, 2.05) is 0 Å². The van der Waals surface area contributed by atoms with Crippen LogP contribution in [0.15, 0.2) is 0 Å². The average Bonchev–Trinajstić information content (AvgIpc) is 2.37. The van der Waals surface area contributed by atoms with Crippen LogP contribution in [0.1, 0.15) is 376 Å². The summed E-state index contributed by atoms with van der Waals surface area (Å²) >= 11 is 0. The number of hydrogen-bond donors (Lipinski definition) is 3. The van der Waals surface area contributed by atoms with E-state index in [0.717, 1.165) is 108 Å². The molecule has 2 unspecified atom stereocenters. The average molecular weight is 1370 g/mol. The largest absolute Gasteiger partial charge is 0.472 e. The summed E-state index contributed by atoms with van der Waals surface area (Å²) in [5, 5.41) is 10.6. The molecule has 3 N–H and O–H groups in total. The van der Waals surface area contributed by atoms with Gasteiger partial charge in [0, 0.05) is 25.7 Å². The fourth-order valence-electron chi connectivity index (χ4n) is 11.2. The highest BCUT2D eigenvalue weighted by Crippen LogP contribution is 2.45. The molecule has 0 saturated heterocycles. The Bertz CT molecular complexity index is 1820. The van der Waals surface area contributed by atoms with Gasteiger partial charge in [-0.2, -0.15) is 0 Å².